The molecule has 1 fully saturated rings. The number of carbonyl (C=O) groups is 1. The van der Waals surface area contributed by atoms with Crippen LogP contribution in [0.3, 0.4) is 0 Å². The monoisotopic (exact) mass is 276 g/mol. The highest BCUT2D eigenvalue weighted by atomic mass is 19.1. The van der Waals surface area contributed by atoms with Gasteiger partial charge in [-0.15, -0.1) is 6.58 Å². The number of nitrogens with one attached hydrogen (secondary N) is 1. The number of hydrogen-bond donors (Lipinski definition) is 1. The van der Waals surface area contributed by atoms with Crippen LogP contribution in [0, 0.1) is 11.7 Å². The third kappa shape index (κ3) is 3.90. The first-order valence-electron chi connectivity index (χ1n) is 7.05. The maximum absolute atomic E-state index is 13.6. The zero-order chi connectivity index (χ0) is 14.4. The molecule has 1 aliphatic rings. The first-order valence-corrected chi connectivity index (χ1v) is 7.05. The van der Waals surface area contributed by atoms with Gasteiger partial charge in [-0.25, -0.2) is 4.39 Å². The summed E-state index contributed by atoms with van der Waals surface area (Å²) in [6.45, 7) is 6.27. The van der Waals surface area contributed by atoms with Crippen molar-refractivity contribution < 1.29 is 9.18 Å². The zero-order valence-electron chi connectivity index (χ0n) is 11.6. The molecule has 0 radical (unpaired) electrons. The summed E-state index contributed by atoms with van der Waals surface area (Å²) in [5.41, 5.74) is 0.694. The molecule has 1 N–H and O–H groups in total. The van der Waals surface area contributed by atoms with Crippen molar-refractivity contribution in [3.63, 3.8) is 0 Å². The van der Waals surface area contributed by atoms with Gasteiger partial charge in [-0.1, -0.05) is 24.3 Å². The van der Waals surface area contributed by atoms with Crippen LogP contribution >= 0.6 is 0 Å². The average Bonchev–Trinajstić information content (AvgIpc) is 2.47. The van der Waals surface area contributed by atoms with Gasteiger partial charge in [0, 0.05) is 25.2 Å². The average molecular weight is 276 g/mol. The summed E-state index contributed by atoms with van der Waals surface area (Å²) in [5, 5.41) is 2.84. The Morgan fingerprint density at radius 3 is 3.05 bits per heavy atom. The van der Waals surface area contributed by atoms with Crippen molar-refractivity contribution in [1.29, 1.82) is 0 Å². The number of carbonyl (C=O) groups excluding carboxylic acids is 1. The number of likely N-dealkylation sites (tertiary alicyclic amines) is 1. The summed E-state index contributed by atoms with van der Waals surface area (Å²) in [6, 6.07) is 6.82. The van der Waals surface area contributed by atoms with Crippen LogP contribution in [0.2, 0.25) is 0 Å². The van der Waals surface area contributed by atoms with Crippen molar-refractivity contribution >= 4 is 5.91 Å². The molecule has 0 saturated carbocycles. The van der Waals surface area contributed by atoms with E-state index in [-0.39, 0.29) is 17.6 Å². The van der Waals surface area contributed by atoms with Crippen molar-refractivity contribution in [2.24, 2.45) is 5.92 Å². The molecule has 4 heteroatoms. The van der Waals surface area contributed by atoms with E-state index >= 15 is 0 Å². The van der Waals surface area contributed by atoms with Crippen LogP contribution in [0.5, 0.6) is 0 Å². The van der Waals surface area contributed by atoms with Gasteiger partial charge >= 0.3 is 0 Å². The number of hydrogen-bond acceptors (Lipinski definition) is 2. The van der Waals surface area contributed by atoms with E-state index in [1.165, 1.54) is 6.07 Å². The lowest BCUT2D eigenvalue weighted by atomic mass is 9.96. The molecule has 0 aliphatic carbocycles. The van der Waals surface area contributed by atoms with E-state index < -0.39 is 0 Å². The molecule has 1 aromatic carbocycles. The van der Waals surface area contributed by atoms with Crippen molar-refractivity contribution in [3.8, 4) is 0 Å². The molecule has 2 rings (SSSR count). The van der Waals surface area contributed by atoms with Crippen molar-refractivity contribution in [3.05, 3.63) is 48.3 Å². The summed E-state index contributed by atoms with van der Waals surface area (Å²) in [7, 11) is 0. The van der Waals surface area contributed by atoms with E-state index in [1.54, 1.807) is 18.2 Å². The van der Waals surface area contributed by atoms with Crippen LogP contribution in [0.25, 0.3) is 0 Å². The lowest BCUT2D eigenvalue weighted by molar-refractivity contribution is -0.126. The highest BCUT2D eigenvalue weighted by Crippen LogP contribution is 2.19. The van der Waals surface area contributed by atoms with E-state index in [9.17, 15) is 9.18 Å². The smallest absolute Gasteiger partial charge is 0.224 e. The molecule has 1 atom stereocenters. The van der Waals surface area contributed by atoms with Crippen molar-refractivity contribution in [2.75, 3.05) is 19.6 Å². The maximum atomic E-state index is 13.6. The van der Waals surface area contributed by atoms with E-state index in [0.717, 1.165) is 19.4 Å². The van der Waals surface area contributed by atoms with Gasteiger partial charge in [0.25, 0.3) is 0 Å². The van der Waals surface area contributed by atoms with Gasteiger partial charge in [0.1, 0.15) is 5.82 Å². The molecule has 0 spiro atoms. The van der Waals surface area contributed by atoms with Crippen molar-refractivity contribution in [1.82, 2.24) is 10.2 Å². The molecule has 0 aromatic heterocycles. The Morgan fingerprint density at radius 2 is 2.30 bits per heavy atom. The van der Waals surface area contributed by atoms with Crippen LogP contribution in [-0.4, -0.2) is 30.4 Å². The zero-order valence-corrected chi connectivity index (χ0v) is 11.6. The molecule has 20 heavy (non-hydrogen) atoms. The fraction of sp³-hybridized carbons (Fsp3) is 0.438. The quantitative estimate of drug-likeness (QED) is 0.837. The molecule has 3 nitrogen and oxygen atoms in total. The molecular formula is C16H21FN2O. The summed E-state index contributed by atoms with van der Waals surface area (Å²) < 4.78 is 13.6. The predicted molar refractivity (Wildman–Crippen MR) is 77.6 cm³/mol. The van der Waals surface area contributed by atoms with Crippen LogP contribution in [0.4, 0.5) is 4.39 Å². The Labute approximate surface area is 119 Å². The minimum Gasteiger partial charge on any atom is -0.352 e. The van der Waals surface area contributed by atoms with Gasteiger partial charge in [0.2, 0.25) is 5.91 Å². The van der Waals surface area contributed by atoms with Gasteiger partial charge in [-0.3, -0.25) is 9.69 Å². The van der Waals surface area contributed by atoms with Crippen LogP contribution < -0.4 is 5.32 Å². The van der Waals surface area contributed by atoms with Gasteiger partial charge in [-0.2, -0.15) is 0 Å². The second kappa shape index (κ2) is 7.20. The molecule has 108 valence electrons. The Hall–Kier alpha value is -1.68. The van der Waals surface area contributed by atoms with Gasteiger partial charge in [0.15, 0.2) is 0 Å². The van der Waals surface area contributed by atoms with Gasteiger partial charge in [-0.05, 0) is 25.5 Å². The highest BCUT2D eigenvalue weighted by Gasteiger charge is 2.25. The standard InChI is InChI=1S/C16H21FN2O/c1-2-9-18-16(20)14-7-5-10-19(12-14)11-13-6-3-4-8-15(13)17/h2-4,6,8,14H,1,5,7,9-12H2,(H,18,20). The highest BCUT2D eigenvalue weighted by molar-refractivity contribution is 5.79. The molecule has 1 saturated heterocycles. The molecule has 1 unspecified atom stereocenters. The van der Waals surface area contributed by atoms with Crippen LogP contribution in [0.15, 0.2) is 36.9 Å². The normalized spacial score (nSPS) is 19.6. The van der Waals surface area contributed by atoms with Crippen LogP contribution in [-0.2, 0) is 11.3 Å². The number of halogens is 1. The molecule has 1 amide bonds. The summed E-state index contributed by atoms with van der Waals surface area (Å²) >= 11 is 0. The molecule has 0 bridgehead atoms. The largest absolute Gasteiger partial charge is 0.352 e. The minimum absolute atomic E-state index is 0.00419. The minimum atomic E-state index is -0.175. The Bertz CT molecular complexity index is 475. The third-order valence-corrected chi connectivity index (χ3v) is 3.65. The van der Waals surface area contributed by atoms with Crippen LogP contribution in [0.1, 0.15) is 18.4 Å². The molecule has 1 heterocycles. The van der Waals surface area contributed by atoms with E-state index in [2.05, 4.69) is 16.8 Å². The number of piperidine rings is 1. The second-order valence-electron chi connectivity index (χ2n) is 5.20. The number of rotatable bonds is 5. The Balaban J connectivity index is 1.92. The molecular weight excluding hydrogens is 255 g/mol. The lowest BCUT2D eigenvalue weighted by Gasteiger charge is -2.32. The molecule has 1 aliphatic heterocycles. The topological polar surface area (TPSA) is 32.3 Å². The fourth-order valence-corrected chi connectivity index (χ4v) is 2.60. The Kier molecular flexibility index (Phi) is 5.30. The van der Waals surface area contributed by atoms with Gasteiger partial charge < -0.3 is 5.32 Å². The SMILES string of the molecule is C=CCNC(=O)C1CCCN(Cc2ccccc2F)C1. The number of nitrogens with zero attached hydrogens (tertiary/aromatic N) is 1. The summed E-state index contributed by atoms with van der Waals surface area (Å²) in [5.74, 6) is -0.107. The lowest BCUT2D eigenvalue weighted by Crippen LogP contribution is -2.42. The number of benzene rings is 1. The first kappa shape index (κ1) is 14.7. The third-order valence-electron chi connectivity index (χ3n) is 3.65. The van der Waals surface area contributed by atoms with E-state index in [4.69, 9.17) is 0 Å². The maximum Gasteiger partial charge on any atom is 0.224 e. The van der Waals surface area contributed by atoms with E-state index in [0.29, 0.717) is 25.2 Å². The summed E-state index contributed by atoms with van der Waals surface area (Å²) in [4.78, 5) is 14.1. The fourth-order valence-electron chi connectivity index (χ4n) is 2.60. The van der Waals surface area contributed by atoms with E-state index in [1.807, 2.05) is 6.07 Å². The van der Waals surface area contributed by atoms with Gasteiger partial charge in [0.05, 0.1) is 5.92 Å². The van der Waals surface area contributed by atoms with Crippen molar-refractivity contribution in [2.45, 2.75) is 19.4 Å². The predicted octanol–water partition coefficient (Wildman–Crippen LogP) is 2.34. The Morgan fingerprint density at radius 1 is 1.50 bits per heavy atom. The first-order chi connectivity index (χ1) is 9.70. The molecule has 1 aromatic rings. The summed E-state index contributed by atoms with van der Waals surface area (Å²) in [6.07, 6.45) is 3.55. The number of amides is 1. The second-order valence-corrected chi connectivity index (χ2v) is 5.20.